The smallest absolute Gasteiger partial charge is 0.282 e. The summed E-state index contributed by atoms with van der Waals surface area (Å²) < 4.78 is 30.7. The molecule has 0 heterocycles. The van der Waals surface area contributed by atoms with Crippen LogP contribution in [-0.2, 0) is 10.1 Å². The van der Waals surface area contributed by atoms with Gasteiger partial charge in [0.15, 0.2) is 0 Å². The fourth-order valence-corrected chi connectivity index (χ4v) is 2.04. The maximum absolute atomic E-state index is 10.9. The van der Waals surface area contributed by atoms with Crippen LogP contribution in [-0.4, -0.2) is 64.4 Å². The van der Waals surface area contributed by atoms with Crippen LogP contribution >= 0.6 is 0 Å². The third kappa shape index (κ3) is 3.73. The fraction of sp³-hybridized carbons (Fsp3) is 0.333. The van der Waals surface area contributed by atoms with Crippen molar-refractivity contribution in [1.29, 1.82) is 0 Å². The molecule has 0 bridgehead atoms. The van der Waals surface area contributed by atoms with E-state index in [2.05, 4.69) is 0 Å². The molecule has 1 aromatic rings. The van der Waals surface area contributed by atoms with E-state index >= 15 is 0 Å². The minimum Gasteiger partial charge on any atom is -0.282 e. The molecule has 1 radical (unpaired) electrons. The van der Waals surface area contributed by atoms with Crippen LogP contribution in [0.15, 0.2) is 29.2 Å². The van der Waals surface area contributed by atoms with E-state index in [1.807, 2.05) is 13.8 Å². The molecule has 0 atom stereocenters. The Morgan fingerprint density at radius 3 is 2.07 bits per heavy atom. The number of hydrogen-bond acceptors (Lipinski definition) is 2. The summed E-state index contributed by atoms with van der Waals surface area (Å²) in [6, 6.07) is 6.46. The molecule has 0 amide bonds. The minimum absolute atomic E-state index is 0. The van der Waals surface area contributed by atoms with E-state index in [1.165, 1.54) is 6.07 Å². The van der Waals surface area contributed by atoms with Gasteiger partial charge < -0.3 is 0 Å². The van der Waals surface area contributed by atoms with Gasteiger partial charge in [-0.3, -0.25) is 4.55 Å². The summed E-state index contributed by atoms with van der Waals surface area (Å²) in [5.41, 5.74) is 0.644. The van der Waals surface area contributed by atoms with E-state index in [4.69, 9.17) is 4.55 Å². The molecule has 0 aliphatic heterocycles. The molecule has 1 aromatic carbocycles. The molecular weight excluding hydrogens is 227 g/mol. The van der Waals surface area contributed by atoms with Gasteiger partial charge >= 0.3 is 0 Å². The number of hydrogen-bond donors (Lipinski definition) is 1. The number of rotatable bonds is 2. The SMILES string of the molecule is CC(C)c1ccccc1S(=O)(=O)O.[K]. The van der Waals surface area contributed by atoms with Crippen molar-refractivity contribution in [1.82, 2.24) is 0 Å². The Labute approximate surface area is 127 Å². The van der Waals surface area contributed by atoms with E-state index < -0.39 is 10.1 Å². The molecule has 1 N–H and O–H groups in total. The van der Waals surface area contributed by atoms with Crippen molar-refractivity contribution >= 4 is 61.5 Å². The molecule has 0 saturated carbocycles. The zero-order chi connectivity index (χ0) is 10.1. The first-order valence-corrected chi connectivity index (χ1v) is 5.43. The molecule has 14 heavy (non-hydrogen) atoms. The predicted molar refractivity (Wildman–Crippen MR) is 56.1 cm³/mol. The molecule has 0 aliphatic carbocycles. The molecule has 73 valence electrons. The van der Waals surface area contributed by atoms with Gasteiger partial charge in [0, 0.05) is 51.4 Å². The molecule has 0 aromatic heterocycles. The molecule has 0 unspecified atom stereocenters. The van der Waals surface area contributed by atoms with Gasteiger partial charge in [-0.25, -0.2) is 0 Å². The Kier molecular flexibility index (Phi) is 6.06. The summed E-state index contributed by atoms with van der Waals surface area (Å²) in [5, 5.41) is 0. The van der Waals surface area contributed by atoms with E-state index in [0.29, 0.717) is 5.56 Å². The monoisotopic (exact) mass is 239 g/mol. The molecule has 3 nitrogen and oxygen atoms in total. The van der Waals surface area contributed by atoms with Gasteiger partial charge in [-0.15, -0.1) is 0 Å². The Hall–Kier alpha value is 0.766. The van der Waals surface area contributed by atoms with Gasteiger partial charge in [-0.05, 0) is 17.5 Å². The largest absolute Gasteiger partial charge is 0.294 e. The van der Waals surface area contributed by atoms with Crippen molar-refractivity contribution in [2.75, 3.05) is 0 Å². The van der Waals surface area contributed by atoms with Crippen LogP contribution in [0.4, 0.5) is 0 Å². The van der Waals surface area contributed by atoms with Crippen molar-refractivity contribution in [3.63, 3.8) is 0 Å². The summed E-state index contributed by atoms with van der Waals surface area (Å²) in [6.07, 6.45) is 0. The van der Waals surface area contributed by atoms with E-state index in [-0.39, 0.29) is 62.2 Å². The third-order valence-corrected chi connectivity index (χ3v) is 2.75. The zero-order valence-corrected chi connectivity index (χ0v) is 12.5. The summed E-state index contributed by atoms with van der Waals surface area (Å²) in [6.45, 7) is 3.76. The summed E-state index contributed by atoms with van der Waals surface area (Å²) in [5.74, 6) is 0.0816. The second kappa shape index (κ2) is 5.74. The molecule has 1 rings (SSSR count). The van der Waals surface area contributed by atoms with Crippen LogP contribution in [0.5, 0.6) is 0 Å². The van der Waals surface area contributed by atoms with E-state index in [1.54, 1.807) is 18.2 Å². The first-order chi connectivity index (χ1) is 5.93. The van der Waals surface area contributed by atoms with Gasteiger partial charge in [0.1, 0.15) is 0 Å². The standard InChI is InChI=1S/C9H12O3S.K/c1-7(2)8-5-3-4-6-9(8)13(10,11)12;/h3-7H,1-2H3,(H,10,11,12);. The van der Waals surface area contributed by atoms with Crippen LogP contribution in [0.2, 0.25) is 0 Å². The van der Waals surface area contributed by atoms with Crippen molar-refractivity contribution in [3.05, 3.63) is 29.8 Å². The second-order valence-electron chi connectivity index (χ2n) is 3.17. The van der Waals surface area contributed by atoms with Crippen LogP contribution in [0.25, 0.3) is 0 Å². The van der Waals surface area contributed by atoms with E-state index in [9.17, 15) is 8.42 Å². The molecular formula is C9H12KO3S. The van der Waals surface area contributed by atoms with Gasteiger partial charge in [-0.1, -0.05) is 32.0 Å². The molecule has 5 heteroatoms. The first kappa shape index (κ1) is 14.8. The van der Waals surface area contributed by atoms with Crippen molar-refractivity contribution in [2.24, 2.45) is 0 Å². The average Bonchev–Trinajstić information content (AvgIpc) is 2.03. The molecule has 0 spiro atoms. The topological polar surface area (TPSA) is 54.4 Å². The zero-order valence-electron chi connectivity index (χ0n) is 8.56. The molecule has 0 fully saturated rings. The quantitative estimate of drug-likeness (QED) is 0.631. The Bertz CT molecular complexity index is 398. The maximum atomic E-state index is 10.9. The first-order valence-electron chi connectivity index (χ1n) is 3.99. The average molecular weight is 239 g/mol. The van der Waals surface area contributed by atoms with Gasteiger partial charge in [-0.2, -0.15) is 8.42 Å². The van der Waals surface area contributed by atoms with Crippen LogP contribution in [0, 0.1) is 0 Å². The van der Waals surface area contributed by atoms with Gasteiger partial charge in [0.05, 0.1) is 4.90 Å². The third-order valence-electron chi connectivity index (χ3n) is 1.82. The van der Waals surface area contributed by atoms with Crippen molar-refractivity contribution in [2.45, 2.75) is 24.7 Å². The van der Waals surface area contributed by atoms with Crippen LogP contribution in [0.1, 0.15) is 25.3 Å². The summed E-state index contributed by atoms with van der Waals surface area (Å²) in [4.78, 5) is 0.00463. The normalized spacial score (nSPS) is 11.1. The van der Waals surface area contributed by atoms with E-state index in [0.717, 1.165) is 0 Å². The summed E-state index contributed by atoms with van der Waals surface area (Å²) >= 11 is 0. The fourth-order valence-electron chi connectivity index (χ4n) is 1.19. The van der Waals surface area contributed by atoms with Crippen LogP contribution in [0.3, 0.4) is 0 Å². The molecule has 0 aliphatic rings. The van der Waals surface area contributed by atoms with Crippen LogP contribution < -0.4 is 0 Å². The Morgan fingerprint density at radius 2 is 1.71 bits per heavy atom. The Morgan fingerprint density at radius 1 is 1.21 bits per heavy atom. The minimum atomic E-state index is -4.08. The summed E-state index contributed by atoms with van der Waals surface area (Å²) in [7, 11) is -4.08. The van der Waals surface area contributed by atoms with Gasteiger partial charge in [0.2, 0.25) is 0 Å². The second-order valence-corrected chi connectivity index (χ2v) is 4.56. The molecule has 0 saturated heterocycles. The predicted octanol–water partition coefficient (Wildman–Crippen LogP) is 1.68. The van der Waals surface area contributed by atoms with Crippen molar-refractivity contribution < 1.29 is 13.0 Å². The maximum Gasteiger partial charge on any atom is 0.294 e. The van der Waals surface area contributed by atoms with Crippen molar-refractivity contribution in [3.8, 4) is 0 Å². The van der Waals surface area contributed by atoms with Gasteiger partial charge in [0.25, 0.3) is 10.1 Å². The number of benzene rings is 1. The Balaban J connectivity index is 0.00000169.